The summed E-state index contributed by atoms with van der Waals surface area (Å²) in [5.41, 5.74) is 5.83. The first-order chi connectivity index (χ1) is 10.6. The van der Waals surface area contributed by atoms with Crippen molar-refractivity contribution in [2.75, 3.05) is 5.32 Å². The summed E-state index contributed by atoms with van der Waals surface area (Å²) in [7, 11) is 0. The number of rotatable bonds is 1. The molecular weight excluding hydrogens is 277 g/mol. The average molecular weight is 293 g/mol. The molecule has 1 aliphatic heterocycles. The molecule has 3 aromatic rings. The van der Waals surface area contributed by atoms with E-state index < -0.39 is 0 Å². The van der Waals surface area contributed by atoms with Crippen LogP contribution in [0.15, 0.2) is 48.5 Å². The third-order valence-electron chi connectivity index (χ3n) is 4.13. The molecule has 0 fully saturated rings. The van der Waals surface area contributed by atoms with Crippen LogP contribution in [-0.2, 0) is 0 Å². The Labute approximate surface area is 128 Å². The van der Waals surface area contributed by atoms with E-state index >= 15 is 0 Å². The van der Waals surface area contributed by atoms with Crippen LogP contribution >= 0.6 is 0 Å². The molecule has 110 valence electrons. The van der Waals surface area contributed by atoms with Gasteiger partial charge in [0.2, 0.25) is 0 Å². The number of aromatic nitrogens is 2. The van der Waals surface area contributed by atoms with Crippen molar-refractivity contribution in [1.82, 2.24) is 9.78 Å². The maximum atomic E-state index is 14.3. The normalized spacial score (nSPS) is 15.9. The third kappa shape index (κ3) is 1.84. The number of halogens is 1. The largest absolute Gasteiger partial charge is 0.359 e. The van der Waals surface area contributed by atoms with Gasteiger partial charge in [0.05, 0.1) is 11.4 Å². The number of nitrogens with zero attached hydrogens (tertiary/aromatic N) is 2. The number of fused-ring (bicyclic) bond motifs is 3. The second-order valence-electron chi connectivity index (χ2n) is 5.68. The van der Waals surface area contributed by atoms with E-state index in [-0.39, 0.29) is 12.0 Å². The van der Waals surface area contributed by atoms with E-state index in [9.17, 15) is 4.39 Å². The number of benzene rings is 2. The summed E-state index contributed by atoms with van der Waals surface area (Å²) in [6.45, 7) is 4.02. The van der Waals surface area contributed by atoms with E-state index in [1.807, 2.05) is 29.8 Å². The van der Waals surface area contributed by atoms with Gasteiger partial charge in [-0.1, -0.05) is 36.4 Å². The van der Waals surface area contributed by atoms with Gasteiger partial charge in [0.15, 0.2) is 0 Å². The van der Waals surface area contributed by atoms with Crippen LogP contribution in [0.2, 0.25) is 0 Å². The second kappa shape index (κ2) is 4.70. The van der Waals surface area contributed by atoms with Crippen LogP contribution in [0.4, 0.5) is 10.1 Å². The Bertz CT molecular complexity index is 867. The fraction of sp³-hybridized carbons (Fsp3) is 0.167. The molecular formula is C18H16FN3. The van der Waals surface area contributed by atoms with Crippen molar-refractivity contribution < 1.29 is 4.39 Å². The van der Waals surface area contributed by atoms with Gasteiger partial charge in [-0.05, 0) is 31.5 Å². The van der Waals surface area contributed by atoms with Crippen molar-refractivity contribution in [3.63, 3.8) is 0 Å². The number of nitrogens with one attached hydrogen (secondary N) is 1. The molecule has 1 N–H and O–H groups in total. The van der Waals surface area contributed by atoms with Gasteiger partial charge in [-0.25, -0.2) is 9.07 Å². The molecule has 0 amide bonds. The maximum Gasteiger partial charge on any atom is 0.150 e. The molecule has 22 heavy (non-hydrogen) atoms. The third-order valence-corrected chi connectivity index (χ3v) is 4.13. The standard InChI is InChI=1S/C18H16FN3/c1-11-6-5-8-14-16-10-12(2)21-22(16)18(20-17(11)14)13-7-3-4-9-15(13)19/h3-10,18,20H,1-2H3/t18-/m1/s1. The Morgan fingerprint density at radius 2 is 1.91 bits per heavy atom. The quantitative estimate of drug-likeness (QED) is 0.726. The van der Waals surface area contributed by atoms with Crippen LogP contribution in [0.5, 0.6) is 0 Å². The van der Waals surface area contributed by atoms with Crippen molar-refractivity contribution in [1.29, 1.82) is 0 Å². The van der Waals surface area contributed by atoms with Crippen LogP contribution in [0, 0.1) is 19.7 Å². The Morgan fingerprint density at radius 3 is 2.73 bits per heavy atom. The molecule has 4 heteroatoms. The topological polar surface area (TPSA) is 29.9 Å². The zero-order valence-corrected chi connectivity index (χ0v) is 12.5. The molecule has 0 spiro atoms. The van der Waals surface area contributed by atoms with Gasteiger partial charge in [0, 0.05) is 16.8 Å². The smallest absolute Gasteiger partial charge is 0.150 e. The molecule has 2 heterocycles. The van der Waals surface area contributed by atoms with Gasteiger partial charge in [0.25, 0.3) is 0 Å². The molecule has 1 aliphatic rings. The van der Waals surface area contributed by atoms with E-state index in [4.69, 9.17) is 0 Å². The minimum Gasteiger partial charge on any atom is -0.359 e. The first-order valence-corrected chi connectivity index (χ1v) is 7.32. The summed E-state index contributed by atoms with van der Waals surface area (Å²) in [6, 6.07) is 15.1. The molecule has 0 saturated carbocycles. The number of para-hydroxylation sites is 1. The lowest BCUT2D eigenvalue weighted by Gasteiger charge is -2.30. The van der Waals surface area contributed by atoms with Crippen molar-refractivity contribution in [3.8, 4) is 11.3 Å². The lowest BCUT2D eigenvalue weighted by atomic mass is 10.0. The summed E-state index contributed by atoms with van der Waals surface area (Å²) >= 11 is 0. The Balaban J connectivity index is 1.97. The number of hydrogen-bond donors (Lipinski definition) is 1. The average Bonchev–Trinajstić information content (AvgIpc) is 2.89. The lowest BCUT2D eigenvalue weighted by Crippen LogP contribution is -2.27. The minimum atomic E-state index is -0.335. The fourth-order valence-corrected chi connectivity index (χ4v) is 3.09. The Morgan fingerprint density at radius 1 is 1.09 bits per heavy atom. The summed E-state index contributed by atoms with van der Waals surface area (Å²) in [5, 5.41) is 8.02. The molecule has 0 radical (unpaired) electrons. The van der Waals surface area contributed by atoms with Crippen molar-refractivity contribution in [3.05, 3.63) is 71.2 Å². The highest BCUT2D eigenvalue weighted by atomic mass is 19.1. The van der Waals surface area contributed by atoms with Gasteiger partial charge >= 0.3 is 0 Å². The van der Waals surface area contributed by atoms with E-state index in [1.165, 1.54) is 6.07 Å². The number of hydrogen-bond acceptors (Lipinski definition) is 2. The molecule has 0 saturated heterocycles. The summed E-state index contributed by atoms with van der Waals surface area (Å²) in [5.74, 6) is -0.226. The first-order valence-electron chi connectivity index (χ1n) is 7.32. The van der Waals surface area contributed by atoms with Gasteiger partial charge < -0.3 is 5.32 Å². The minimum absolute atomic E-state index is 0.226. The van der Waals surface area contributed by atoms with Crippen LogP contribution in [0.25, 0.3) is 11.3 Å². The highest BCUT2D eigenvalue weighted by Crippen LogP contribution is 2.40. The maximum absolute atomic E-state index is 14.3. The van der Waals surface area contributed by atoms with E-state index in [0.717, 1.165) is 28.2 Å². The van der Waals surface area contributed by atoms with E-state index in [2.05, 4.69) is 29.5 Å². The zero-order chi connectivity index (χ0) is 15.3. The molecule has 1 aromatic heterocycles. The Kier molecular flexibility index (Phi) is 2.79. The second-order valence-corrected chi connectivity index (χ2v) is 5.68. The van der Waals surface area contributed by atoms with Crippen molar-refractivity contribution in [2.24, 2.45) is 0 Å². The monoisotopic (exact) mass is 293 g/mol. The highest BCUT2D eigenvalue weighted by Gasteiger charge is 2.28. The summed E-state index contributed by atoms with van der Waals surface area (Å²) in [4.78, 5) is 0. The summed E-state index contributed by atoms with van der Waals surface area (Å²) in [6.07, 6.45) is -0.335. The van der Waals surface area contributed by atoms with Gasteiger partial charge in [-0.3, -0.25) is 0 Å². The van der Waals surface area contributed by atoms with Crippen molar-refractivity contribution >= 4 is 5.69 Å². The molecule has 2 aromatic carbocycles. The van der Waals surface area contributed by atoms with Gasteiger partial charge in [-0.2, -0.15) is 5.10 Å². The molecule has 3 nitrogen and oxygen atoms in total. The van der Waals surface area contributed by atoms with E-state index in [1.54, 1.807) is 12.1 Å². The van der Waals surface area contributed by atoms with Crippen LogP contribution in [0.3, 0.4) is 0 Å². The molecule has 4 rings (SSSR count). The van der Waals surface area contributed by atoms with E-state index in [0.29, 0.717) is 5.56 Å². The Hall–Kier alpha value is -2.62. The fourth-order valence-electron chi connectivity index (χ4n) is 3.09. The van der Waals surface area contributed by atoms with Gasteiger partial charge in [0.1, 0.15) is 12.0 Å². The van der Waals surface area contributed by atoms with Crippen LogP contribution in [0.1, 0.15) is 23.0 Å². The first kappa shape index (κ1) is 13.1. The van der Waals surface area contributed by atoms with Crippen LogP contribution in [-0.4, -0.2) is 9.78 Å². The zero-order valence-electron chi connectivity index (χ0n) is 12.5. The lowest BCUT2D eigenvalue weighted by molar-refractivity contribution is 0.526. The van der Waals surface area contributed by atoms with Crippen molar-refractivity contribution in [2.45, 2.75) is 20.0 Å². The molecule has 0 unspecified atom stereocenters. The number of anilines is 1. The predicted molar refractivity (Wildman–Crippen MR) is 85.3 cm³/mol. The number of aryl methyl sites for hydroxylation is 2. The van der Waals surface area contributed by atoms with Crippen LogP contribution < -0.4 is 5.32 Å². The predicted octanol–water partition coefficient (Wildman–Crippen LogP) is 4.28. The molecule has 1 atom stereocenters. The molecule has 0 bridgehead atoms. The highest BCUT2D eigenvalue weighted by molar-refractivity contribution is 5.81. The summed E-state index contributed by atoms with van der Waals surface area (Å²) < 4.78 is 16.1. The molecule has 0 aliphatic carbocycles. The van der Waals surface area contributed by atoms with Gasteiger partial charge in [-0.15, -0.1) is 0 Å². The SMILES string of the molecule is Cc1cc2n(n1)[C@H](c1ccccc1F)Nc1c(C)cccc1-2.